The molecule has 2 aromatic rings. The summed E-state index contributed by atoms with van der Waals surface area (Å²) < 4.78 is 5.60. The maximum atomic E-state index is 12.2. The van der Waals surface area contributed by atoms with E-state index >= 15 is 0 Å². The molecule has 0 aliphatic carbocycles. The third-order valence-electron chi connectivity index (χ3n) is 4.38. The molecule has 1 saturated heterocycles. The topological polar surface area (TPSA) is 58.6 Å². The number of benzene rings is 2. The molecule has 5 nitrogen and oxygen atoms in total. The quantitative estimate of drug-likeness (QED) is 0.777. The van der Waals surface area contributed by atoms with Gasteiger partial charge >= 0.3 is 0 Å². The van der Waals surface area contributed by atoms with Crippen LogP contribution in [0.1, 0.15) is 36.0 Å². The van der Waals surface area contributed by atoms with Gasteiger partial charge in [0.05, 0.1) is 6.61 Å². The van der Waals surface area contributed by atoms with Crippen LogP contribution in [-0.2, 0) is 4.79 Å². The van der Waals surface area contributed by atoms with Crippen LogP contribution in [0.25, 0.3) is 0 Å². The van der Waals surface area contributed by atoms with Crippen LogP contribution in [0.4, 0.5) is 5.69 Å². The van der Waals surface area contributed by atoms with Gasteiger partial charge in [0.25, 0.3) is 5.91 Å². The lowest BCUT2D eigenvalue weighted by molar-refractivity contribution is -0.119. The summed E-state index contributed by atoms with van der Waals surface area (Å²) in [5, 5.41) is 2.89. The first kappa shape index (κ1) is 18.0. The molecule has 0 unspecified atom stereocenters. The molecule has 1 aliphatic rings. The van der Waals surface area contributed by atoms with Crippen molar-refractivity contribution in [2.75, 3.05) is 24.6 Å². The molecule has 2 amide bonds. The van der Waals surface area contributed by atoms with Crippen molar-refractivity contribution in [2.45, 2.75) is 25.7 Å². The number of nitrogens with zero attached hydrogens (tertiary/aromatic N) is 1. The van der Waals surface area contributed by atoms with E-state index in [2.05, 4.69) is 5.32 Å². The number of carbonyl (C=O) groups excluding carboxylic acids is 2. The summed E-state index contributed by atoms with van der Waals surface area (Å²) in [4.78, 5) is 25.9. The number of para-hydroxylation sites is 1. The van der Waals surface area contributed by atoms with E-state index in [1.165, 1.54) is 0 Å². The standard InChI is InChI=1S/C21H24N2O3/c24-20-9-4-5-15-23(20)18-12-10-17(11-13-18)21(25)22-14-6-16-26-19-7-2-1-3-8-19/h1-3,7-8,10-13H,4-6,9,14-16H2,(H,22,25). The Morgan fingerprint density at radius 3 is 2.54 bits per heavy atom. The van der Waals surface area contributed by atoms with Gasteiger partial charge in [0.1, 0.15) is 5.75 Å². The van der Waals surface area contributed by atoms with Gasteiger partial charge in [-0.25, -0.2) is 0 Å². The molecule has 26 heavy (non-hydrogen) atoms. The van der Waals surface area contributed by atoms with Gasteiger partial charge in [-0.15, -0.1) is 0 Å². The predicted molar refractivity (Wildman–Crippen MR) is 102 cm³/mol. The summed E-state index contributed by atoms with van der Waals surface area (Å²) in [6, 6.07) is 16.9. The van der Waals surface area contributed by atoms with Gasteiger partial charge in [-0.3, -0.25) is 9.59 Å². The summed E-state index contributed by atoms with van der Waals surface area (Å²) >= 11 is 0. The summed E-state index contributed by atoms with van der Waals surface area (Å²) in [7, 11) is 0. The van der Waals surface area contributed by atoms with Crippen molar-refractivity contribution in [3.8, 4) is 5.75 Å². The fraction of sp³-hybridized carbons (Fsp3) is 0.333. The maximum Gasteiger partial charge on any atom is 0.251 e. The lowest BCUT2D eigenvalue weighted by Crippen LogP contribution is -2.35. The third-order valence-corrected chi connectivity index (χ3v) is 4.38. The predicted octanol–water partition coefficient (Wildman–Crippen LogP) is 3.40. The number of amides is 2. The van der Waals surface area contributed by atoms with Crippen LogP contribution >= 0.6 is 0 Å². The second-order valence-corrected chi connectivity index (χ2v) is 6.32. The van der Waals surface area contributed by atoms with Gasteiger partial charge in [0, 0.05) is 30.8 Å². The number of nitrogens with one attached hydrogen (secondary N) is 1. The molecule has 2 aromatic carbocycles. The molecular weight excluding hydrogens is 328 g/mol. The van der Waals surface area contributed by atoms with E-state index in [9.17, 15) is 9.59 Å². The fourth-order valence-corrected chi connectivity index (χ4v) is 2.95. The monoisotopic (exact) mass is 352 g/mol. The van der Waals surface area contributed by atoms with Crippen LogP contribution in [-0.4, -0.2) is 31.5 Å². The maximum absolute atomic E-state index is 12.2. The van der Waals surface area contributed by atoms with Gasteiger partial charge in [-0.1, -0.05) is 18.2 Å². The third kappa shape index (κ3) is 4.85. The Morgan fingerprint density at radius 2 is 1.81 bits per heavy atom. The SMILES string of the molecule is O=C(NCCCOc1ccccc1)c1ccc(N2CCCCC2=O)cc1. The molecule has 3 rings (SSSR count). The zero-order valence-corrected chi connectivity index (χ0v) is 14.8. The Bertz CT molecular complexity index is 729. The normalized spacial score (nSPS) is 14.2. The van der Waals surface area contributed by atoms with E-state index in [0.717, 1.165) is 37.2 Å². The number of hydrogen-bond acceptors (Lipinski definition) is 3. The van der Waals surface area contributed by atoms with E-state index in [1.807, 2.05) is 42.5 Å². The fourth-order valence-electron chi connectivity index (χ4n) is 2.95. The molecule has 0 atom stereocenters. The second-order valence-electron chi connectivity index (χ2n) is 6.32. The van der Waals surface area contributed by atoms with Crippen LogP contribution in [0.2, 0.25) is 0 Å². The highest BCUT2D eigenvalue weighted by Gasteiger charge is 2.19. The summed E-state index contributed by atoms with van der Waals surface area (Å²) in [6.45, 7) is 1.87. The second kappa shape index (κ2) is 9.04. The van der Waals surface area contributed by atoms with Crippen LogP contribution in [0, 0.1) is 0 Å². The van der Waals surface area contributed by atoms with Crippen molar-refractivity contribution in [1.29, 1.82) is 0 Å². The van der Waals surface area contributed by atoms with Gasteiger partial charge < -0.3 is 15.0 Å². The van der Waals surface area contributed by atoms with Gasteiger partial charge in [-0.2, -0.15) is 0 Å². The van der Waals surface area contributed by atoms with Crippen LogP contribution in [0.3, 0.4) is 0 Å². The van der Waals surface area contributed by atoms with Crippen molar-refractivity contribution in [3.05, 3.63) is 60.2 Å². The molecule has 0 bridgehead atoms. The van der Waals surface area contributed by atoms with Gasteiger partial charge in [0.2, 0.25) is 5.91 Å². The molecule has 1 N–H and O–H groups in total. The van der Waals surface area contributed by atoms with Crippen LogP contribution < -0.4 is 15.0 Å². The number of piperidine rings is 1. The summed E-state index contributed by atoms with van der Waals surface area (Å²) in [5.74, 6) is 0.884. The first-order valence-corrected chi connectivity index (χ1v) is 9.10. The van der Waals surface area contributed by atoms with Crippen molar-refractivity contribution < 1.29 is 14.3 Å². The molecule has 0 spiro atoms. The van der Waals surface area contributed by atoms with E-state index in [4.69, 9.17) is 4.74 Å². The van der Waals surface area contributed by atoms with Crippen molar-refractivity contribution in [3.63, 3.8) is 0 Å². The Balaban J connectivity index is 1.42. The molecule has 136 valence electrons. The Hall–Kier alpha value is -2.82. The Labute approximate surface area is 154 Å². The highest BCUT2D eigenvalue weighted by molar-refractivity contribution is 5.96. The Kier molecular flexibility index (Phi) is 6.25. The number of rotatable bonds is 7. The van der Waals surface area contributed by atoms with Crippen LogP contribution in [0.15, 0.2) is 54.6 Å². The molecule has 0 aromatic heterocycles. The zero-order chi connectivity index (χ0) is 18.2. The summed E-state index contributed by atoms with van der Waals surface area (Å²) in [5.41, 5.74) is 1.46. The molecule has 5 heteroatoms. The highest BCUT2D eigenvalue weighted by atomic mass is 16.5. The Morgan fingerprint density at radius 1 is 1.04 bits per heavy atom. The summed E-state index contributed by atoms with van der Waals surface area (Å²) in [6.07, 6.45) is 3.33. The largest absolute Gasteiger partial charge is 0.494 e. The average molecular weight is 352 g/mol. The van der Waals surface area contributed by atoms with E-state index < -0.39 is 0 Å². The van der Waals surface area contributed by atoms with Crippen molar-refractivity contribution >= 4 is 17.5 Å². The molecule has 1 fully saturated rings. The van der Waals surface area contributed by atoms with Crippen molar-refractivity contribution in [2.24, 2.45) is 0 Å². The minimum absolute atomic E-state index is 0.110. The molecule has 1 aliphatic heterocycles. The minimum atomic E-state index is -0.110. The van der Waals surface area contributed by atoms with Crippen molar-refractivity contribution in [1.82, 2.24) is 5.32 Å². The number of hydrogen-bond donors (Lipinski definition) is 1. The van der Waals surface area contributed by atoms with Gasteiger partial charge in [-0.05, 0) is 55.7 Å². The zero-order valence-electron chi connectivity index (χ0n) is 14.8. The first-order valence-electron chi connectivity index (χ1n) is 9.10. The number of anilines is 1. The van der Waals surface area contributed by atoms with E-state index in [0.29, 0.717) is 25.1 Å². The van der Waals surface area contributed by atoms with Crippen LogP contribution in [0.5, 0.6) is 5.75 Å². The lowest BCUT2D eigenvalue weighted by Gasteiger charge is -2.26. The first-order chi connectivity index (χ1) is 12.7. The van der Waals surface area contributed by atoms with E-state index in [-0.39, 0.29) is 11.8 Å². The van der Waals surface area contributed by atoms with E-state index in [1.54, 1.807) is 17.0 Å². The highest BCUT2D eigenvalue weighted by Crippen LogP contribution is 2.21. The molecule has 0 saturated carbocycles. The molecular formula is C21H24N2O3. The lowest BCUT2D eigenvalue weighted by atomic mass is 10.1. The van der Waals surface area contributed by atoms with Gasteiger partial charge in [0.15, 0.2) is 0 Å². The molecule has 1 heterocycles. The average Bonchev–Trinajstić information content (AvgIpc) is 2.69. The minimum Gasteiger partial charge on any atom is -0.494 e. The smallest absolute Gasteiger partial charge is 0.251 e. The molecule has 0 radical (unpaired) electrons. The number of ether oxygens (including phenoxy) is 1. The number of carbonyl (C=O) groups is 2.